The third-order valence-corrected chi connectivity index (χ3v) is 4.10. The van der Waals surface area contributed by atoms with Crippen LogP contribution >= 0.6 is 7.60 Å². The van der Waals surface area contributed by atoms with Gasteiger partial charge in [0.1, 0.15) is 0 Å². The summed E-state index contributed by atoms with van der Waals surface area (Å²) in [6.07, 6.45) is 0. The van der Waals surface area contributed by atoms with Crippen LogP contribution in [0.3, 0.4) is 0 Å². The molecule has 0 aliphatic carbocycles. The van der Waals surface area contributed by atoms with E-state index in [-0.39, 0.29) is 5.30 Å². The standard InChI is InChI=1S/C14H11O3P/c15-18(16,17)14-7-3-6-12-11-5-2-1-4-10(11)8-9-13(12)14/h1-9H,(H2,15,16,17). The minimum Gasteiger partial charge on any atom is -0.321 e. The van der Waals surface area contributed by atoms with Gasteiger partial charge in [-0.15, -0.1) is 0 Å². The normalized spacial score (nSPS) is 12.1. The smallest absolute Gasteiger partial charge is 0.321 e. The molecule has 3 aromatic rings. The number of hydrogen-bond donors (Lipinski definition) is 2. The van der Waals surface area contributed by atoms with Crippen LogP contribution in [0.2, 0.25) is 0 Å². The summed E-state index contributed by atoms with van der Waals surface area (Å²) in [5.74, 6) is 0. The minimum absolute atomic E-state index is 0.0887. The van der Waals surface area contributed by atoms with Crippen molar-refractivity contribution in [3.8, 4) is 0 Å². The summed E-state index contributed by atoms with van der Waals surface area (Å²) in [7, 11) is -4.24. The second-order valence-corrected chi connectivity index (χ2v) is 5.77. The molecule has 18 heavy (non-hydrogen) atoms. The molecular formula is C14H11O3P. The maximum absolute atomic E-state index is 11.5. The molecule has 0 bridgehead atoms. The van der Waals surface area contributed by atoms with E-state index in [1.165, 1.54) is 6.07 Å². The molecule has 3 rings (SSSR count). The lowest BCUT2D eigenvalue weighted by atomic mass is 10.0. The van der Waals surface area contributed by atoms with Crippen LogP contribution in [-0.2, 0) is 4.57 Å². The number of hydrogen-bond acceptors (Lipinski definition) is 1. The summed E-state index contributed by atoms with van der Waals surface area (Å²) < 4.78 is 11.5. The van der Waals surface area contributed by atoms with Crippen LogP contribution in [0.5, 0.6) is 0 Å². The monoisotopic (exact) mass is 258 g/mol. The zero-order valence-corrected chi connectivity index (χ0v) is 10.3. The summed E-state index contributed by atoms with van der Waals surface area (Å²) >= 11 is 0. The largest absolute Gasteiger partial charge is 0.356 e. The van der Waals surface area contributed by atoms with E-state index >= 15 is 0 Å². The molecular weight excluding hydrogens is 247 g/mol. The van der Waals surface area contributed by atoms with E-state index in [0.29, 0.717) is 5.39 Å². The Labute approximate surface area is 104 Å². The van der Waals surface area contributed by atoms with Crippen LogP contribution in [-0.4, -0.2) is 9.79 Å². The Bertz CT molecular complexity index is 789. The van der Waals surface area contributed by atoms with Crippen LogP contribution in [0, 0.1) is 0 Å². The van der Waals surface area contributed by atoms with Gasteiger partial charge in [-0.05, 0) is 27.6 Å². The van der Waals surface area contributed by atoms with Crippen LogP contribution in [0.15, 0.2) is 54.6 Å². The van der Waals surface area contributed by atoms with Crippen molar-refractivity contribution in [3.05, 3.63) is 54.6 Å². The second-order valence-electron chi connectivity index (χ2n) is 4.20. The zero-order chi connectivity index (χ0) is 12.8. The van der Waals surface area contributed by atoms with Gasteiger partial charge in [0.25, 0.3) is 0 Å². The third-order valence-electron chi connectivity index (χ3n) is 3.08. The molecule has 0 aliphatic heterocycles. The fraction of sp³-hybridized carbons (Fsp3) is 0. The molecule has 0 saturated heterocycles. The highest BCUT2D eigenvalue weighted by Crippen LogP contribution is 2.37. The lowest BCUT2D eigenvalue weighted by molar-refractivity contribution is 0.388. The van der Waals surface area contributed by atoms with Crippen molar-refractivity contribution in [1.82, 2.24) is 0 Å². The van der Waals surface area contributed by atoms with Gasteiger partial charge in [0.05, 0.1) is 5.30 Å². The van der Waals surface area contributed by atoms with Crippen molar-refractivity contribution in [2.45, 2.75) is 0 Å². The third kappa shape index (κ3) is 1.73. The number of fused-ring (bicyclic) bond motifs is 3. The number of rotatable bonds is 1. The molecule has 2 N–H and O–H groups in total. The van der Waals surface area contributed by atoms with E-state index in [9.17, 15) is 14.4 Å². The van der Waals surface area contributed by atoms with E-state index in [0.717, 1.165) is 16.2 Å². The quantitative estimate of drug-likeness (QED) is 0.521. The van der Waals surface area contributed by atoms with Crippen molar-refractivity contribution in [3.63, 3.8) is 0 Å². The first-order valence-electron chi connectivity index (χ1n) is 5.54. The molecule has 0 heterocycles. The Morgan fingerprint density at radius 3 is 2.22 bits per heavy atom. The SMILES string of the molecule is O=P(O)(O)c1cccc2c1ccc1ccccc12. The van der Waals surface area contributed by atoms with E-state index in [1.54, 1.807) is 12.1 Å². The summed E-state index contributed by atoms with van der Waals surface area (Å²) in [5.41, 5.74) is 0. The Kier molecular flexibility index (Phi) is 2.49. The molecule has 90 valence electrons. The molecule has 3 nitrogen and oxygen atoms in total. The molecule has 0 saturated carbocycles. The average molecular weight is 258 g/mol. The van der Waals surface area contributed by atoms with Gasteiger partial charge in [0.15, 0.2) is 0 Å². The van der Waals surface area contributed by atoms with Crippen molar-refractivity contribution >= 4 is 34.4 Å². The Morgan fingerprint density at radius 2 is 1.44 bits per heavy atom. The van der Waals surface area contributed by atoms with Crippen LogP contribution in [0.25, 0.3) is 21.5 Å². The second kappa shape index (κ2) is 3.92. The van der Waals surface area contributed by atoms with E-state index in [2.05, 4.69) is 0 Å². The topological polar surface area (TPSA) is 57.5 Å². The molecule has 3 aromatic carbocycles. The average Bonchev–Trinajstić information content (AvgIpc) is 2.36. The van der Waals surface area contributed by atoms with E-state index in [4.69, 9.17) is 0 Å². The molecule has 0 fully saturated rings. The van der Waals surface area contributed by atoms with Gasteiger partial charge < -0.3 is 9.79 Å². The van der Waals surface area contributed by atoms with Gasteiger partial charge >= 0.3 is 7.60 Å². The zero-order valence-electron chi connectivity index (χ0n) is 9.45. The van der Waals surface area contributed by atoms with E-state index in [1.807, 2.05) is 36.4 Å². The predicted molar refractivity (Wildman–Crippen MR) is 73.1 cm³/mol. The molecule has 0 radical (unpaired) electrons. The Morgan fingerprint density at radius 1 is 0.722 bits per heavy atom. The highest BCUT2D eigenvalue weighted by Gasteiger charge is 2.20. The van der Waals surface area contributed by atoms with Crippen molar-refractivity contribution in [1.29, 1.82) is 0 Å². The molecule has 0 aliphatic rings. The van der Waals surface area contributed by atoms with Crippen molar-refractivity contribution in [2.75, 3.05) is 0 Å². The van der Waals surface area contributed by atoms with Gasteiger partial charge in [0, 0.05) is 0 Å². The minimum atomic E-state index is -4.24. The summed E-state index contributed by atoms with van der Waals surface area (Å²) in [4.78, 5) is 18.7. The van der Waals surface area contributed by atoms with Gasteiger partial charge in [0.2, 0.25) is 0 Å². The fourth-order valence-corrected chi connectivity index (χ4v) is 3.07. The number of benzene rings is 3. The molecule has 0 atom stereocenters. The van der Waals surface area contributed by atoms with Gasteiger partial charge in [-0.1, -0.05) is 48.5 Å². The summed E-state index contributed by atoms with van der Waals surface area (Å²) in [6.45, 7) is 0. The van der Waals surface area contributed by atoms with Crippen LogP contribution in [0.1, 0.15) is 0 Å². The van der Waals surface area contributed by atoms with Crippen molar-refractivity contribution < 1.29 is 14.4 Å². The highest BCUT2D eigenvalue weighted by atomic mass is 31.2. The van der Waals surface area contributed by atoms with Gasteiger partial charge in [-0.3, -0.25) is 4.57 Å². The van der Waals surface area contributed by atoms with Gasteiger partial charge in [-0.25, -0.2) is 0 Å². The Hall–Kier alpha value is -1.67. The van der Waals surface area contributed by atoms with Crippen molar-refractivity contribution in [2.24, 2.45) is 0 Å². The molecule has 0 spiro atoms. The van der Waals surface area contributed by atoms with Gasteiger partial charge in [-0.2, -0.15) is 0 Å². The first-order chi connectivity index (χ1) is 8.57. The maximum atomic E-state index is 11.5. The summed E-state index contributed by atoms with van der Waals surface area (Å²) in [6, 6.07) is 16.5. The lowest BCUT2D eigenvalue weighted by Gasteiger charge is -2.10. The maximum Gasteiger partial charge on any atom is 0.356 e. The predicted octanol–water partition coefficient (Wildman–Crippen LogP) is 2.80. The summed E-state index contributed by atoms with van der Waals surface area (Å²) in [5, 5.41) is 3.64. The first-order valence-corrected chi connectivity index (χ1v) is 7.15. The van der Waals surface area contributed by atoms with Crippen LogP contribution < -0.4 is 5.30 Å². The lowest BCUT2D eigenvalue weighted by Crippen LogP contribution is -2.04. The Balaban J connectivity index is 2.52. The molecule has 0 amide bonds. The first kappa shape index (κ1) is 11.4. The van der Waals surface area contributed by atoms with E-state index < -0.39 is 7.60 Å². The molecule has 0 aromatic heterocycles. The van der Waals surface area contributed by atoms with Crippen LogP contribution in [0.4, 0.5) is 0 Å². The fourth-order valence-electron chi connectivity index (χ4n) is 2.28. The molecule has 4 heteroatoms. The highest BCUT2D eigenvalue weighted by molar-refractivity contribution is 7.60. The molecule has 0 unspecified atom stereocenters.